The molecule has 1 aliphatic rings. The molecule has 2 heterocycles. The number of benzene rings is 2. The molecular formula is C21H19ClN4O3. The van der Waals surface area contributed by atoms with Crippen LogP contribution in [0.1, 0.15) is 17.9 Å². The highest BCUT2D eigenvalue weighted by Gasteiger charge is 2.35. The fraction of sp³-hybridized carbons (Fsp3) is 0.238. The molecule has 29 heavy (non-hydrogen) atoms. The van der Waals surface area contributed by atoms with Crippen LogP contribution >= 0.6 is 11.6 Å². The molecule has 1 saturated heterocycles. The SMILES string of the molecule is Cc1nc(-c2cccc(N3C[C@H](C(=O)NCc4ccccc4Cl)CC3=O)c2)no1. The minimum absolute atomic E-state index is 0.0932. The van der Waals surface area contributed by atoms with E-state index in [9.17, 15) is 9.59 Å². The standard InChI is InChI=1S/C21H19ClN4O3/c1-13-24-20(25-29-13)14-6-4-7-17(9-14)26-12-16(10-19(26)27)21(28)23-11-15-5-2-3-8-18(15)22/h2-9,16H,10-12H2,1H3,(H,23,28)/t16-/m1/s1. The molecule has 1 aliphatic heterocycles. The highest BCUT2D eigenvalue weighted by molar-refractivity contribution is 6.31. The van der Waals surface area contributed by atoms with Crippen LogP contribution in [-0.2, 0) is 16.1 Å². The van der Waals surface area contributed by atoms with Crippen molar-refractivity contribution >= 4 is 29.1 Å². The largest absolute Gasteiger partial charge is 0.352 e. The summed E-state index contributed by atoms with van der Waals surface area (Å²) in [4.78, 5) is 31.0. The van der Waals surface area contributed by atoms with Gasteiger partial charge in [0.05, 0.1) is 5.92 Å². The van der Waals surface area contributed by atoms with Crippen molar-refractivity contribution in [2.75, 3.05) is 11.4 Å². The van der Waals surface area contributed by atoms with E-state index in [1.54, 1.807) is 17.9 Å². The van der Waals surface area contributed by atoms with E-state index in [2.05, 4.69) is 15.5 Å². The Morgan fingerprint density at radius 1 is 1.28 bits per heavy atom. The molecule has 0 unspecified atom stereocenters. The molecule has 148 valence electrons. The van der Waals surface area contributed by atoms with Gasteiger partial charge < -0.3 is 14.7 Å². The van der Waals surface area contributed by atoms with Gasteiger partial charge in [0.1, 0.15) is 0 Å². The first-order valence-corrected chi connectivity index (χ1v) is 9.61. The topological polar surface area (TPSA) is 88.3 Å². The van der Waals surface area contributed by atoms with Crippen molar-refractivity contribution in [2.45, 2.75) is 19.9 Å². The van der Waals surface area contributed by atoms with Crippen LogP contribution in [0.5, 0.6) is 0 Å². The number of carbonyl (C=O) groups is 2. The summed E-state index contributed by atoms with van der Waals surface area (Å²) < 4.78 is 5.02. The number of aryl methyl sites for hydroxylation is 1. The Hall–Kier alpha value is -3.19. The third-order valence-electron chi connectivity index (χ3n) is 4.85. The van der Waals surface area contributed by atoms with Crippen molar-refractivity contribution in [2.24, 2.45) is 5.92 Å². The maximum atomic E-state index is 12.6. The van der Waals surface area contributed by atoms with Gasteiger partial charge in [-0.2, -0.15) is 4.98 Å². The van der Waals surface area contributed by atoms with Gasteiger partial charge in [-0.3, -0.25) is 9.59 Å². The maximum Gasteiger partial charge on any atom is 0.227 e. The minimum Gasteiger partial charge on any atom is -0.352 e. The number of hydrogen-bond donors (Lipinski definition) is 1. The lowest BCUT2D eigenvalue weighted by molar-refractivity contribution is -0.126. The fourth-order valence-electron chi connectivity index (χ4n) is 3.33. The number of nitrogens with one attached hydrogen (secondary N) is 1. The molecular weight excluding hydrogens is 392 g/mol. The Labute approximate surface area is 172 Å². The van der Waals surface area contributed by atoms with E-state index in [0.29, 0.717) is 35.5 Å². The van der Waals surface area contributed by atoms with Crippen LogP contribution in [0.25, 0.3) is 11.4 Å². The van der Waals surface area contributed by atoms with E-state index in [-0.39, 0.29) is 18.2 Å². The van der Waals surface area contributed by atoms with Crippen molar-refractivity contribution in [3.63, 3.8) is 0 Å². The van der Waals surface area contributed by atoms with Gasteiger partial charge >= 0.3 is 0 Å². The van der Waals surface area contributed by atoms with Crippen LogP contribution < -0.4 is 10.2 Å². The van der Waals surface area contributed by atoms with E-state index in [4.69, 9.17) is 16.1 Å². The van der Waals surface area contributed by atoms with Gasteiger partial charge in [0.15, 0.2) is 0 Å². The first-order chi connectivity index (χ1) is 14.0. The maximum absolute atomic E-state index is 12.6. The number of rotatable bonds is 5. The molecule has 8 heteroatoms. The predicted molar refractivity (Wildman–Crippen MR) is 108 cm³/mol. The van der Waals surface area contributed by atoms with Gasteiger partial charge in [-0.1, -0.05) is 47.1 Å². The van der Waals surface area contributed by atoms with Crippen LogP contribution in [0.3, 0.4) is 0 Å². The number of carbonyl (C=O) groups excluding carboxylic acids is 2. The Morgan fingerprint density at radius 2 is 2.10 bits per heavy atom. The number of anilines is 1. The van der Waals surface area contributed by atoms with Gasteiger partial charge in [-0.05, 0) is 23.8 Å². The summed E-state index contributed by atoms with van der Waals surface area (Å²) in [5.74, 6) is 0.263. The highest BCUT2D eigenvalue weighted by atomic mass is 35.5. The summed E-state index contributed by atoms with van der Waals surface area (Å²) in [6.07, 6.45) is 0.167. The Balaban J connectivity index is 1.44. The van der Waals surface area contributed by atoms with Crippen LogP contribution in [0.2, 0.25) is 5.02 Å². The number of nitrogens with zero attached hydrogens (tertiary/aromatic N) is 3. The van der Waals surface area contributed by atoms with Crippen LogP contribution in [0.4, 0.5) is 5.69 Å². The van der Waals surface area contributed by atoms with E-state index >= 15 is 0 Å². The molecule has 2 aromatic carbocycles. The average Bonchev–Trinajstić information content (AvgIpc) is 3.33. The van der Waals surface area contributed by atoms with Crippen molar-refractivity contribution in [1.29, 1.82) is 0 Å². The van der Waals surface area contributed by atoms with Crippen LogP contribution in [-0.4, -0.2) is 28.5 Å². The lowest BCUT2D eigenvalue weighted by Gasteiger charge is -2.17. The zero-order valence-corrected chi connectivity index (χ0v) is 16.5. The molecule has 0 spiro atoms. The third kappa shape index (κ3) is 4.14. The third-order valence-corrected chi connectivity index (χ3v) is 5.22. The summed E-state index contributed by atoms with van der Waals surface area (Å²) in [6.45, 7) is 2.37. The zero-order chi connectivity index (χ0) is 20.4. The van der Waals surface area contributed by atoms with E-state index in [1.165, 1.54) is 0 Å². The summed E-state index contributed by atoms with van der Waals surface area (Å²) in [5, 5.41) is 7.39. The molecule has 0 bridgehead atoms. The Bertz CT molecular complexity index is 1070. The predicted octanol–water partition coefficient (Wildman–Crippen LogP) is 3.37. The normalized spacial score (nSPS) is 16.3. The van der Waals surface area contributed by atoms with Crippen molar-refractivity contribution in [3.8, 4) is 11.4 Å². The average molecular weight is 411 g/mol. The molecule has 4 rings (SSSR count). The molecule has 0 aliphatic carbocycles. The van der Waals surface area contributed by atoms with Gasteiger partial charge in [-0.15, -0.1) is 0 Å². The molecule has 1 atom stereocenters. The quantitative estimate of drug-likeness (QED) is 0.696. The summed E-state index contributed by atoms with van der Waals surface area (Å²) in [5.41, 5.74) is 2.29. The summed E-state index contributed by atoms with van der Waals surface area (Å²) in [6, 6.07) is 14.7. The zero-order valence-electron chi connectivity index (χ0n) is 15.8. The first kappa shape index (κ1) is 19.1. The molecule has 1 fully saturated rings. The van der Waals surface area contributed by atoms with E-state index < -0.39 is 5.92 Å². The number of halogens is 1. The minimum atomic E-state index is -0.416. The Morgan fingerprint density at radius 3 is 2.86 bits per heavy atom. The Kier molecular flexibility index (Phi) is 5.31. The second-order valence-electron chi connectivity index (χ2n) is 6.90. The molecule has 0 saturated carbocycles. The second-order valence-corrected chi connectivity index (χ2v) is 7.31. The number of aromatic nitrogens is 2. The summed E-state index contributed by atoms with van der Waals surface area (Å²) in [7, 11) is 0. The molecule has 0 radical (unpaired) electrons. The lowest BCUT2D eigenvalue weighted by atomic mass is 10.1. The lowest BCUT2D eigenvalue weighted by Crippen LogP contribution is -2.32. The molecule has 1 N–H and O–H groups in total. The second kappa shape index (κ2) is 8.05. The molecule has 3 aromatic rings. The molecule has 2 amide bonds. The molecule has 1 aromatic heterocycles. The van der Waals surface area contributed by atoms with Crippen molar-refractivity contribution in [1.82, 2.24) is 15.5 Å². The number of hydrogen-bond acceptors (Lipinski definition) is 5. The van der Waals surface area contributed by atoms with Gasteiger partial charge in [0.25, 0.3) is 0 Å². The van der Waals surface area contributed by atoms with Crippen LogP contribution in [0, 0.1) is 12.8 Å². The summed E-state index contributed by atoms with van der Waals surface area (Å²) >= 11 is 6.13. The fourth-order valence-corrected chi connectivity index (χ4v) is 3.53. The van der Waals surface area contributed by atoms with E-state index in [0.717, 1.165) is 11.1 Å². The van der Waals surface area contributed by atoms with Gasteiger partial charge in [0.2, 0.25) is 23.5 Å². The van der Waals surface area contributed by atoms with Crippen molar-refractivity contribution < 1.29 is 14.1 Å². The van der Waals surface area contributed by atoms with E-state index in [1.807, 2.05) is 42.5 Å². The first-order valence-electron chi connectivity index (χ1n) is 9.23. The van der Waals surface area contributed by atoms with Crippen molar-refractivity contribution in [3.05, 3.63) is 65.0 Å². The smallest absolute Gasteiger partial charge is 0.227 e. The van der Waals surface area contributed by atoms with Crippen LogP contribution in [0.15, 0.2) is 53.1 Å². The van der Waals surface area contributed by atoms with Gasteiger partial charge in [-0.25, -0.2) is 0 Å². The monoisotopic (exact) mass is 410 g/mol. The van der Waals surface area contributed by atoms with Gasteiger partial charge in [0, 0.05) is 42.7 Å². The number of amides is 2. The highest BCUT2D eigenvalue weighted by Crippen LogP contribution is 2.28. The molecule has 7 nitrogen and oxygen atoms in total.